The average Bonchev–Trinajstić information content (AvgIpc) is 3.25. The van der Waals surface area contributed by atoms with Gasteiger partial charge >= 0.3 is 0 Å². The SMILES string of the molecule is Cn1cc(-c2cn3nccc3c(O[C@]3(C)C[C@@H]4NCC[C@@H]43)n2)cn1. The van der Waals surface area contributed by atoms with Crippen LogP contribution in [0.1, 0.15) is 19.8 Å². The van der Waals surface area contributed by atoms with Gasteiger partial charge < -0.3 is 10.1 Å². The van der Waals surface area contributed by atoms with Gasteiger partial charge in [-0.3, -0.25) is 4.68 Å². The molecule has 1 saturated carbocycles. The third kappa shape index (κ3) is 1.97. The lowest BCUT2D eigenvalue weighted by atomic mass is 9.67. The van der Waals surface area contributed by atoms with Crippen molar-refractivity contribution in [3.05, 3.63) is 30.9 Å². The zero-order valence-electron chi connectivity index (χ0n) is 13.8. The van der Waals surface area contributed by atoms with Gasteiger partial charge in [0.1, 0.15) is 11.1 Å². The molecule has 0 aromatic carbocycles. The number of nitrogens with zero attached hydrogens (tertiary/aromatic N) is 5. The Kier molecular flexibility index (Phi) is 2.79. The van der Waals surface area contributed by atoms with Crippen LogP contribution >= 0.6 is 0 Å². The molecule has 2 aliphatic rings. The fraction of sp³-hybridized carbons (Fsp3) is 0.471. The largest absolute Gasteiger partial charge is 0.469 e. The molecule has 4 heterocycles. The van der Waals surface area contributed by atoms with Crippen molar-refractivity contribution in [2.75, 3.05) is 6.54 Å². The van der Waals surface area contributed by atoms with Gasteiger partial charge in [-0.25, -0.2) is 9.50 Å². The maximum absolute atomic E-state index is 6.45. The van der Waals surface area contributed by atoms with Gasteiger partial charge in [0.25, 0.3) is 0 Å². The van der Waals surface area contributed by atoms with E-state index in [1.807, 2.05) is 36.2 Å². The number of ether oxygens (including phenoxy) is 1. The minimum absolute atomic E-state index is 0.153. The second kappa shape index (κ2) is 4.80. The van der Waals surface area contributed by atoms with E-state index in [2.05, 4.69) is 22.4 Å². The van der Waals surface area contributed by atoms with Crippen LogP contribution in [-0.4, -0.2) is 42.6 Å². The summed E-state index contributed by atoms with van der Waals surface area (Å²) in [6.07, 6.45) is 9.64. The standard InChI is InChI=1S/C17H20N6O/c1-17(7-13-12(17)3-5-18-13)24-16-15-4-6-19-23(15)10-14(21-16)11-8-20-22(2)9-11/h4,6,8-10,12-13,18H,3,5,7H2,1-2H3/t12-,13-,17+/m0/s1. The van der Waals surface area contributed by atoms with Crippen LogP contribution in [0.5, 0.6) is 5.88 Å². The van der Waals surface area contributed by atoms with E-state index in [1.54, 1.807) is 10.9 Å². The lowest BCUT2D eigenvalue weighted by Crippen LogP contribution is -2.59. The smallest absolute Gasteiger partial charge is 0.241 e. The van der Waals surface area contributed by atoms with E-state index >= 15 is 0 Å². The molecule has 124 valence electrons. The van der Waals surface area contributed by atoms with Gasteiger partial charge in [0.05, 0.1) is 24.3 Å². The molecule has 24 heavy (non-hydrogen) atoms. The summed E-state index contributed by atoms with van der Waals surface area (Å²) in [6.45, 7) is 3.28. The summed E-state index contributed by atoms with van der Waals surface area (Å²) >= 11 is 0. The van der Waals surface area contributed by atoms with E-state index in [0.29, 0.717) is 17.8 Å². The molecule has 1 aliphatic carbocycles. The van der Waals surface area contributed by atoms with E-state index < -0.39 is 0 Å². The molecule has 1 saturated heterocycles. The van der Waals surface area contributed by atoms with Crippen LogP contribution in [0.3, 0.4) is 0 Å². The highest BCUT2D eigenvalue weighted by Gasteiger charge is 2.55. The van der Waals surface area contributed by atoms with Crippen LogP contribution in [0, 0.1) is 5.92 Å². The van der Waals surface area contributed by atoms with E-state index in [-0.39, 0.29) is 5.60 Å². The zero-order valence-corrected chi connectivity index (χ0v) is 13.8. The first-order chi connectivity index (χ1) is 11.6. The molecule has 7 nitrogen and oxygen atoms in total. The maximum Gasteiger partial charge on any atom is 0.241 e. The van der Waals surface area contributed by atoms with Gasteiger partial charge in [-0.2, -0.15) is 10.2 Å². The predicted molar refractivity (Wildman–Crippen MR) is 88.7 cm³/mol. The Morgan fingerprint density at radius 3 is 3.04 bits per heavy atom. The second-order valence-electron chi connectivity index (χ2n) is 7.07. The van der Waals surface area contributed by atoms with Crippen molar-refractivity contribution < 1.29 is 4.74 Å². The van der Waals surface area contributed by atoms with E-state index in [0.717, 1.165) is 29.7 Å². The topological polar surface area (TPSA) is 69.3 Å². The first kappa shape index (κ1) is 14.0. The maximum atomic E-state index is 6.45. The Hall–Kier alpha value is -2.41. The highest BCUT2D eigenvalue weighted by Crippen LogP contribution is 2.46. The van der Waals surface area contributed by atoms with Crippen LogP contribution in [0.4, 0.5) is 0 Å². The quantitative estimate of drug-likeness (QED) is 0.793. The molecule has 0 amide bonds. The molecule has 3 atom stereocenters. The van der Waals surface area contributed by atoms with Crippen LogP contribution in [0.2, 0.25) is 0 Å². The average molecular weight is 324 g/mol. The Bertz CT molecular complexity index is 915. The summed E-state index contributed by atoms with van der Waals surface area (Å²) in [7, 11) is 1.90. The number of fused-ring (bicyclic) bond motifs is 2. The number of nitrogens with one attached hydrogen (secondary N) is 1. The molecule has 2 fully saturated rings. The molecule has 0 bridgehead atoms. The van der Waals surface area contributed by atoms with Crippen LogP contribution < -0.4 is 10.1 Å². The molecule has 0 unspecified atom stereocenters. The highest BCUT2D eigenvalue weighted by molar-refractivity contribution is 5.63. The summed E-state index contributed by atoms with van der Waals surface area (Å²) < 4.78 is 10.1. The molecule has 1 N–H and O–H groups in total. The van der Waals surface area contributed by atoms with Gasteiger partial charge in [-0.15, -0.1) is 0 Å². The summed E-state index contributed by atoms with van der Waals surface area (Å²) in [5, 5.41) is 12.1. The molecule has 3 aromatic heterocycles. The van der Waals surface area contributed by atoms with E-state index in [4.69, 9.17) is 9.72 Å². The van der Waals surface area contributed by atoms with Gasteiger partial charge in [0.2, 0.25) is 5.88 Å². The number of aryl methyl sites for hydroxylation is 1. The summed E-state index contributed by atoms with van der Waals surface area (Å²) in [4.78, 5) is 4.78. The minimum Gasteiger partial charge on any atom is -0.469 e. The highest BCUT2D eigenvalue weighted by atomic mass is 16.5. The van der Waals surface area contributed by atoms with E-state index in [9.17, 15) is 0 Å². The fourth-order valence-electron chi connectivity index (χ4n) is 4.14. The van der Waals surface area contributed by atoms with E-state index in [1.165, 1.54) is 6.42 Å². The Labute approximate surface area is 139 Å². The Morgan fingerprint density at radius 2 is 2.25 bits per heavy atom. The fourth-order valence-corrected chi connectivity index (χ4v) is 4.14. The zero-order chi connectivity index (χ0) is 16.3. The third-order valence-corrected chi connectivity index (χ3v) is 5.44. The van der Waals surface area contributed by atoms with Gasteiger partial charge in [-0.05, 0) is 26.0 Å². The molecular weight excluding hydrogens is 304 g/mol. The minimum atomic E-state index is -0.153. The molecule has 3 aromatic rings. The van der Waals surface area contributed by atoms with Crippen molar-refractivity contribution >= 4 is 5.52 Å². The number of aromatic nitrogens is 5. The first-order valence-electron chi connectivity index (χ1n) is 8.38. The predicted octanol–water partition coefficient (Wildman–Crippen LogP) is 1.65. The van der Waals surface area contributed by atoms with Gasteiger partial charge in [0.15, 0.2) is 0 Å². The molecule has 7 heteroatoms. The lowest BCUT2D eigenvalue weighted by molar-refractivity contribution is -0.0654. The van der Waals surface area contributed by atoms with Crippen molar-refractivity contribution in [1.82, 2.24) is 29.7 Å². The Balaban J connectivity index is 1.56. The Morgan fingerprint density at radius 1 is 1.33 bits per heavy atom. The molecule has 1 aliphatic heterocycles. The molecule has 0 spiro atoms. The van der Waals surface area contributed by atoms with Crippen molar-refractivity contribution in [2.24, 2.45) is 13.0 Å². The van der Waals surface area contributed by atoms with Crippen molar-refractivity contribution in [1.29, 1.82) is 0 Å². The van der Waals surface area contributed by atoms with Crippen molar-refractivity contribution in [2.45, 2.75) is 31.4 Å². The van der Waals surface area contributed by atoms with Crippen molar-refractivity contribution in [3.63, 3.8) is 0 Å². The number of rotatable bonds is 3. The summed E-state index contributed by atoms with van der Waals surface area (Å²) in [5.74, 6) is 1.21. The lowest BCUT2D eigenvalue weighted by Gasteiger charge is -2.49. The molecule has 0 radical (unpaired) electrons. The van der Waals surface area contributed by atoms with Gasteiger partial charge in [0, 0.05) is 37.2 Å². The number of hydrogen-bond donors (Lipinski definition) is 1. The number of hydrogen-bond acceptors (Lipinski definition) is 5. The third-order valence-electron chi connectivity index (χ3n) is 5.44. The summed E-state index contributed by atoms with van der Waals surface area (Å²) in [6, 6.07) is 2.54. The van der Waals surface area contributed by atoms with Crippen LogP contribution in [0.15, 0.2) is 30.9 Å². The van der Waals surface area contributed by atoms with Crippen LogP contribution in [0.25, 0.3) is 16.8 Å². The van der Waals surface area contributed by atoms with Crippen LogP contribution in [-0.2, 0) is 7.05 Å². The van der Waals surface area contributed by atoms with Crippen molar-refractivity contribution in [3.8, 4) is 17.1 Å². The monoisotopic (exact) mass is 324 g/mol. The first-order valence-corrected chi connectivity index (χ1v) is 8.38. The summed E-state index contributed by atoms with van der Waals surface area (Å²) in [5.41, 5.74) is 2.52. The van der Waals surface area contributed by atoms with Gasteiger partial charge in [-0.1, -0.05) is 0 Å². The molecule has 5 rings (SSSR count). The molecular formula is C17H20N6O. The second-order valence-corrected chi connectivity index (χ2v) is 7.07. The normalized spacial score (nSPS) is 28.8.